The fraction of sp³-hybridized carbons (Fsp3) is 0.278. The Kier molecular flexibility index (Phi) is 11.5. The van der Waals surface area contributed by atoms with Crippen molar-refractivity contribution in [1.29, 1.82) is 0 Å². The number of hydrogen-bond acceptors (Lipinski definition) is 9. The molecule has 0 bridgehead atoms. The first-order valence-corrected chi connectivity index (χ1v) is 15.5. The number of nitrogens with zero attached hydrogens (tertiary/aromatic N) is 4. The zero-order valence-corrected chi connectivity index (χ0v) is 26.8. The first-order chi connectivity index (χ1) is 23.5. The molecule has 248 valence electrons. The molecule has 3 N–H and O–H groups in total. The minimum atomic E-state index is -1.48. The van der Waals surface area contributed by atoms with E-state index >= 15 is 0 Å². The van der Waals surface area contributed by atoms with Gasteiger partial charge in [-0.25, -0.2) is 10.4 Å². The Morgan fingerprint density at radius 3 is 2.46 bits per heavy atom. The normalized spacial score (nSPS) is 16.6. The summed E-state index contributed by atoms with van der Waals surface area (Å²) in [4.78, 5) is 22.6. The van der Waals surface area contributed by atoms with Crippen molar-refractivity contribution in [2.24, 2.45) is 10.1 Å². The van der Waals surface area contributed by atoms with Gasteiger partial charge >= 0.3 is 0 Å². The molecular weight excluding hydrogens is 612 g/mol. The Labute approximate surface area is 278 Å². The van der Waals surface area contributed by atoms with Crippen LogP contribution in [0.1, 0.15) is 40.3 Å². The van der Waals surface area contributed by atoms with Gasteiger partial charge in [0.15, 0.2) is 23.1 Å². The molecule has 1 heterocycles. The van der Waals surface area contributed by atoms with E-state index in [1.54, 1.807) is 32.4 Å². The molecule has 48 heavy (non-hydrogen) atoms. The number of aliphatic imine (C=N–C) groups is 1. The Hall–Kier alpha value is -5.55. The van der Waals surface area contributed by atoms with Crippen molar-refractivity contribution in [3.8, 4) is 17.2 Å². The minimum Gasteiger partial charge on any atom is -0.494 e. The molecule has 0 unspecified atom stereocenters. The van der Waals surface area contributed by atoms with E-state index in [1.807, 2.05) is 78.9 Å². The molecule has 4 aromatic carbocycles. The molecule has 0 saturated carbocycles. The second-order valence-corrected chi connectivity index (χ2v) is 11.0. The highest BCUT2D eigenvalue weighted by molar-refractivity contribution is 6.01. The largest absolute Gasteiger partial charge is 0.494 e. The molecular formula is C36H38N6O6. The summed E-state index contributed by atoms with van der Waals surface area (Å²) in [5, 5.41) is 12.9. The third kappa shape index (κ3) is 7.69. The van der Waals surface area contributed by atoms with Crippen molar-refractivity contribution >= 4 is 11.8 Å². The number of para-hydroxylation sites is 1. The van der Waals surface area contributed by atoms with Gasteiger partial charge in [0.1, 0.15) is 5.75 Å². The zero-order chi connectivity index (χ0) is 33.8. The standard InChI is InChI=1S/C36H38N6O6/c1-45-31-15-8-13-28(32(31)46-2)24-38-41-35(44)36(22-25-10-4-3-5-11-25)33(30-14-7-6-12-27(30)23-39-42-37)48-34(40-36)26-16-18-29(19-17-26)47-21-9-20-43/h3-8,10-19,33,38,43H,9,20-24H2,1-2H3,(H,41,44)/t33-,36-/m0/s1. The highest BCUT2D eigenvalue weighted by Gasteiger charge is 2.54. The first kappa shape index (κ1) is 33.8. The predicted octanol–water partition coefficient (Wildman–Crippen LogP) is 5.60. The number of ether oxygens (including phenoxy) is 4. The Morgan fingerprint density at radius 2 is 1.73 bits per heavy atom. The van der Waals surface area contributed by atoms with Crippen molar-refractivity contribution in [2.45, 2.75) is 37.6 Å². The summed E-state index contributed by atoms with van der Waals surface area (Å²) < 4.78 is 23.4. The van der Waals surface area contributed by atoms with Crippen LogP contribution in [0.25, 0.3) is 10.4 Å². The van der Waals surface area contributed by atoms with Crippen LogP contribution in [0.5, 0.6) is 17.2 Å². The van der Waals surface area contributed by atoms with Crippen LogP contribution in [0.2, 0.25) is 0 Å². The van der Waals surface area contributed by atoms with Gasteiger partial charge in [-0.1, -0.05) is 71.8 Å². The monoisotopic (exact) mass is 650 g/mol. The molecule has 12 nitrogen and oxygen atoms in total. The molecule has 12 heteroatoms. The number of carbonyl (C=O) groups excluding carboxylic acids is 1. The van der Waals surface area contributed by atoms with Gasteiger partial charge in [-0.15, -0.1) is 0 Å². The molecule has 0 fully saturated rings. The molecule has 0 aromatic heterocycles. The lowest BCUT2D eigenvalue weighted by atomic mass is 9.81. The summed E-state index contributed by atoms with van der Waals surface area (Å²) in [5.74, 6) is 1.62. The molecule has 0 saturated heterocycles. The Balaban J connectivity index is 1.55. The highest BCUT2D eigenvalue weighted by Crippen LogP contribution is 2.44. The molecule has 4 aromatic rings. The van der Waals surface area contributed by atoms with E-state index in [2.05, 4.69) is 20.9 Å². The van der Waals surface area contributed by atoms with Gasteiger partial charge in [0.05, 0.1) is 27.4 Å². The lowest BCUT2D eigenvalue weighted by Crippen LogP contribution is -2.53. The molecule has 0 aliphatic carbocycles. The number of amides is 1. The van der Waals surface area contributed by atoms with Crippen molar-refractivity contribution in [2.75, 3.05) is 27.4 Å². The molecule has 1 aliphatic rings. The number of hydrazine groups is 1. The van der Waals surface area contributed by atoms with Gasteiger partial charge in [-0.3, -0.25) is 10.2 Å². The average Bonchev–Trinajstić information content (AvgIpc) is 3.51. The number of aliphatic hydroxyl groups is 1. The number of azide groups is 1. The fourth-order valence-corrected chi connectivity index (χ4v) is 5.63. The summed E-state index contributed by atoms with van der Waals surface area (Å²) >= 11 is 0. The van der Waals surface area contributed by atoms with Crippen LogP contribution in [0.4, 0.5) is 0 Å². The molecule has 0 spiro atoms. The van der Waals surface area contributed by atoms with E-state index in [9.17, 15) is 4.79 Å². The molecule has 1 amide bonds. The summed E-state index contributed by atoms with van der Waals surface area (Å²) in [5.41, 5.74) is 17.3. The summed E-state index contributed by atoms with van der Waals surface area (Å²) in [6.07, 6.45) is -0.160. The van der Waals surface area contributed by atoms with Gasteiger partial charge in [0.2, 0.25) is 5.90 Å². The number of hydrogen-bond donors (Lipinski definition) is 3. The Bertz CT molecular complexity index is 1760. The lowest BCUT2D eigenvalue weighted by Gasteiger charge is -2.32. The maximum atomic E-state index is 14.6. The van der Waals surface area contributed by atoms with E-state index in [0.29, 0.717) is 47.0 Å². The molecule has 5 rings (SSSR count). The molecule has 0 radical (unpaired) electrons. The average molecular weight is 651 g/mol. The van der Waals surface area contributed by atoms with E-state index in [0.717, 1.165) is 11.1 Å². The van der Waals surface area contributed by atoms with Crippen molar-refractivity contribution in [3.05, 3.63) is 135 Å². The van der Waals surface area contributed by atoms with E-state index in [4.69, 9.17) is 34.6 Å². The quantitative estimate of drug-likeness (QED) is 0.0468. The van der Waals surface area contributed by atoms with E-state index in [1.165, 1.54) is 0 Å². The van der Waals surface area contributed by atoms with E-state index in [-0.39, 0.29) is 32.0 Å². The maximum absolute atomic E-state index is 14.6. The van der Waals surface area contributed by atoms with Crippen LogP contribution in [0, 0.1) is 0 Å². The van der Waals surface area contributed by atoms with Crippen LogP contribution in [0.15, 0.2) is 107 Å². The second kappa shape index (κ2) is 16.3. The van der Waals surface area contributed by atoms with Crippen LogP contribution in [-0.4, -0.2) is 49.9 Å². The second-order valence-electron chi connectivity index (χ2n) is 11.0. The van der Waals surface area contributed by atoms with Crippen LogP contribution < -0.4 is 25.1 Å². The molecule has 2 atom stereocenters. The summed E-state index contributed by atoms with van der Waals surface area (Å²) in [6, 6.07) is 29.8. The summed E-state index contributed by atoms with van der Waals surface area (Å²) in [6.45, 7) is 0.727. The van der Waals surface area contributed by atoms with E-state index < -0.39 is 17.6 Å². The van der Waals surface area contributed by atoms with Crippen LogP contribution >= 0.6 is 0 Å². The number of benzene rings is 4. The van der Waals surface area contributed by atoms with Crippen LogP contribution in [0.3, 0.4) is 0 Å². The van der Waals surface area contributed by atoms with Gasteiger partial charge in [0, 0.05) is 42.0 Å². The highest BCUT2D eigenvalue weighted by atomic mass is 16.5. The summed E-state index contributed by atoms with van der Waals surface area (Å²) in [7, 11) is 3.13. The maximum Gasteiger partial charge on any atom is 0.266 e. The first-order valence-electron chi connectivity index (χ1n) is 15.5. The number of aliphatic hydroxyl groups excluding tert-OH is 1. The molecule has 1 aliphatic heterocycles. The predicted molar refractivity (Wildman–Crippen MR) is 181 cm³/mol. The van der Waals surface area contributed by atoms with Gasteiger partial charge in [-0.2, -0.15) is 0 Å². The van der Waals surface area contributed by atoms with Crippen molar-refractivity contribution < 1.29 is 28.8 Å². The van der Waals surface area contributed by atoms with Crippen molar-refractivity contribution in [3.63, 3.8) is 0 Å². The number of nitrogens with one attached hydrogen (secondary N) is 2. The fourth-order valence-electron chi connectivity index (χ4n) is 5.63. The SMILES string of the molecule is COc1cccc(CNNC(=O)[C@@]2(Cc3ccccc3)N=C(c3ccc(OCCCO)cc3)O[C@H]2c2ccccc2CN=[N+]=[N-])c1OC. The smallest absolute Gasteiger partial charge is 0.266 e. The minimum absolute atomic E-state index is 0.0405. The third-order valence-corrected chi connectivity index (χ3v) is 7.95. The number of methoxy groups -OCH3 is 2. The van der Waals surface area contributed by atoms with Gasteiger partial charge in [0.25, 0.3) is 5.91 Å². The lowest BCUT2D eigenvalue weighted by molar-refractivity contribution is -0.130. The topological polar surface area (TPSA) is 159 Å². The van der Waals surface area contributed by atoms with Crippen molar-refractivity contribution in [1.82, 2.24) is 10.9 Å². The third-order valence-electron chi connectivity index (χ3n) is 7.95. The number of rotatable bonds is 16. The van der Waals surface area contributed by atoms with Gasteiger partial charge in [-0.05, 0) is 52.6 Å². The number of carbonyl (C=O) groups is 1. The van der Waals surface area contributed by atoms with Crippen LogP contribution in [-0.2, 0) is 29.0 Å². The zero-order valence-electron chi connectivity index (χ0n) is 26.8. The Morgan fingerprint density at radius 1 is 0.979 bits per heavy atom. The van der Waals surface area contributed by atoms with Gasteiger partial charge < -0.3 is 24.1 Å².